The number of hydrogen-bond donors (Lipinski definition) is 1. The third-order valence-corrected chi connectivity index (χ3v) is 1.45. The Morgan fingerprint density at radius 1 is 1.46 bits per heavy atom. The maximum absolute atomic E-state index is 10.6. The van der Waals surface area contributed by atoms with Crippen molar-refractivity contribution in [2.45, 2.75) is 6.92 Å². The molecule has 1 aromatic carbocycles. The molecule has 1 radical (unpaired) electrons. The molecule has 0 fully saturated rings. The summed E-state index contributed by atoms with van der Waals surface area (Å²) in [6, 6.07) is 7.14. The molecule has 0 unspecified atom stereocenters. The standard InChI is InChI=1S/C10H12NO2/c1-3-13-10-6-4-9(5-7-10)11-8(2)12/h4-7H,2-3H2,1H3,(H,11,12). The van der Waals surface area contributed by atoms with E-state index in [2.05, 4.69) is 12.2 Å². The lowest BCUT2D eigenvalue weighted by atomic mass is 10.3. The molecule has 0 spiro atoms. The first-order valence-corrected chi connectivity index (χ1v) is 4.08. The van der Waals surface area contributed by atoms with Crippen molar-refractivity contribution >= 4 is 11.6 Å². The Morgan fingerprint density at radius 3 is 2.54 bits per heavy atom. The first-order valence-electron chi connectivity index (χ1n) is 4.08. The van der Waals surface area contributed by atoms with E-state index in [0.29, 0.717) is 6.61 Å². The molecule has 69 valence electrons. The Morgan fingerprint density at radius 2 is 2.08 bits per heavy atom. The monoisotopic (exact) mass is 178 g/mol. The fraction of sp³-hybridized carbons (Fsp3) is 0.200. The van der Waals surface area contributed by atoms with Gasteiger partial charge in [0.15, 0.2) is 0 Å². The second-order valence-electron chi connectivity index (χ2n) is 2.51. The Labute approximate surface area is 77.7 Å². The van der Waals surface area contributed by atoms with Gasteiger partial charge in [-0.3, -0.25) is 4.79 Å². The highest BCUT2D eigenvalue weighted by molar-refractivity contribution is 5.93. The normalized spacial score (nSPS) is 9.38. The number of hydrogen-bond acceptors (Lipinski definition) is 2. The van der Waals surface area contributed by atoms with Gasteiger partial charge in [-0.15, -0.1) is 0 Å². The number of anilines is 1. The van der Waals surface area contributed by atoms with E-state index < -0.39 is 0 Å². The molecule has 1 amide bonds. The summed E-state index contributed by atoms with van der Waals surface area (Å²) in [6.07, 6.45) is 0. The van der Waals surface area contributed by atoms with Gasteiger partial charge in [0.05, 0.1) is 6.61 Å². The van der Waals surface area contributed by atoms with Crippen LogP contribution in [-0.4, -0.2) is 12.5 Å². The summed E-state index contributed by atoms with van der Waals surface area (Å²) in [5.74, 6) is 0.480. The number of benzene rings is 1. The van der Waals surface area contributed by atoms with Gasteiger partial charge in [-0.05, 0) is 31.2 Å². The van der Waals surface area contributed by atoms with Crippen LogP contribution in [0.1, 0.15) is 6.92 Å². The molecule has 3 heteroatoms. The van der Waals surface area contributed by atoms with Gasteiger partial charge in [-0.2, -0.15) is 0 Å². The molecule has 3 nitrogen and oxygen atoms in total. The highest BCUT2D eigenvalue weighted by Crippen LogP contribution is 2.15. The van der Waals surface area contributed by atoms with E-state index in [9.17, 15) is 4.79 Å². The molecular weight excluding hydrogens is 166 g/mol. The number of ether oxygens (including phenoxy) is 1. The minimum absolute atomic E-state index is 0.316. The van der Waals surface area contributed by atoms with Gasteiger partial charge < -0.3 is 10.1 Å². The number of nitrogens with one attached hydrogen (secondary N) is 1. The molecule has 0 saturated carbocycles. The van der Waals surface area contributed by atoms with Gasteiger partial charge in [0.1, 0.15) is 5.75 Å². The largest absolute Gasteiger partial charge is 0.494 e. The van der Waals surface area contributed by atoms with Gasteiger partial charge >= 0.3 is 0 Å². The van der Waals surface area contributed by atoms with E-state index in [1.165, 1.54) is 0 Å². The van der Waals surface area contributed by atoms with Crippen LogP contribution in [0.5, 0.6) is 5.75 Å². The average molecular weight is 178 g/mol. The van der Waals surface area contributed by atoms with E-state index >= 15 is 0 Å². The van der Waals surface area contributed by atoms with Crippen LogP contribution < -0.4 is 10.1 Å². The van der Waals surface area contributed by atoms with Crippen LogP contribution in [0.3, 0.4) is 0 Å². The Hall–Kier alpha value is -1.51. The van der Waals surface area contributed by atoms with Crippen LogP contribution in [-0.2, 0) is 4.79 Å². The van der Waals surface area contributed by atoms with Crippen LogP contribution in [0.15, 0.2) is 24.3 Å². The molecule has 0 aliphatic rings. The second-order valence-corrected chi connectivity index (χ2v) is 2.51. The summed E-state index contributed by atoms with van der Waals surface area (Å²) >= 11 is 0. The molecule has 1 rings (SSSR count). The first-order chi connectivity index (χ1) is 6.22. The van der Waals surface area contributed by atoms with Crippen LogP contribution >= 0.6 is 0 Å². The topological polar surface area (TPSA) is 38.3 Å². The summed E-state index contributed by atoms with van der Waals surface area (Å²) in [4.78, 5) is 10.6. The van der Waals surface area contributed by atoms with Crippen molar-refractivity contribution in [2.24, 2.45) is 0 Å². The lowest BCUT2D eigenvalue weighted by molar-refractivity contribution is -0.112. The molecule has 0 atom stereocenters. The lowest BCUT2D eigenvalue weighted by Crippen LogP contribution is -2.05. The predicted octanol–water partition coefficient (Wildman–Crippen LogP) is 1.86. The second kappa shape index (κ2) is 4.50. The van der Waals surface area contributed by atoms with Crippen molar-refractivity contribution in [2.75, 3.05) is 11.9 Å². The third-order valence-electron chi connectivity index (χ3n) is 1.45. The highest BCUT2D eigenvalue weighted by atomic mass is 16.5. The SMILES string of the molecule is [CH2]C(=O)Nc1ccc(OCC)cc1. The number of rotatable bonds is 3. The molecule has 0 aromatic heterocycles. The molecule has 0 aliphatic heterocycles. The fourth-order valence-electron chi connectivity index (χ4n) is 0.962. The molecule has 0 bridgehead atoms. The summed E-state index contributed by atoms with van der Waals surface area (Å²) in [5.41, 5.74) is 0.725. The Bertz CT molecular complexity index is 279. The molecule has 0 heterocycles. The molecule has 13 heavy (non-hydrogen) atoms. The van der Waals surface area contributed by atoms with Gasteiger partial charge in [-0.25, -0.2) is 0 Å². The summed E-state index contributed by atoms with van der Waals surface area (Å²) in [7, 11) is 0. The minimum atomic E-state index is -0.316. The molecular formula is C10H12NO2. The van der Waals surface area contributed by atoms with Crippen LogP contribution in [0.25, 0.3) is 0 Å². The third kappa shape index (κ3) is 3.15. The number of carbonyl (C=O) groups excluding carboxylic acids is 1. The van der Waals surface area contributed by atoms with Crippen molar-refractivity contribution in [3.05, 3.63) is 31.2 Å². The molecule has 0 aliphatic carbocycles. The van der Waals surface area contributed by atoms with Crippen LogP contribution in [0.4, 0.5) is 5.69 Å². The fourth-order valence-corrected chi connectivity index (χ4v) is 0.962. The zero-order valence-electron chi connectivity index (χ0n) is 7.54. The van der Waals surface area contributed by atoms with Crippen molar-refractivity contribution in [1.82, 2.24) is 0 Å². The van der Waals surface area contributed by atoms with E-state index in [-0.39, 0.29) is 5.91 Å². The lowest BCUT2D eigenvalue weighted by Gasteiger charge is -2.04. The average Bonchev–Trinajstić information content (AvgIpc) is 2.08. The molecule has 0 saturated heterocycles. The van der Waals surface area contributed by atoms with Crippen LogP contribution in [0.2, 0.25) is 0 Å². The molecule has 1 aromatic rings. The summed E-state index contributed by atoms with van der Waals surface area (Å²) in [6.45, 7) is 5.77. The van der Waals surface area contributed by atoms with Crippen molar-refractivity contribution < 1.29 is 9.53 Å². The van der Waals surface area contributed by atoms with E-state index in [0.717, 1.165) is 11.4 Å². The Kier molecular flexibility index (Phi) is 3.31. The van der Waals surface area contributed by atoms with Gasteiger partial charge in [-0.1, -0.05) is 0 Å². The number of amides is 1. The van der Waals surface area contributed by atoms with Crippen molar-refractivity contribution in [3.8, 4) is 5.75 Å². The minimum Gasteiger partial charge on any atom is -0.494 e. The highest BCUT2D eigenvalue weighted by Gasteiger charge is 1.95. The summed E-state index contributed by atoms with van der Waals surface area (Å²) in [5, 5.41) is 2.57. The van der Waals surface area contributed by atoms with E-state index in [1.807, 2.05) is 6.92 Å². The zero-order valence-corrected chi connectivity index (χ0v) is 7.54. The maximum Gasteiger partial charge on any atom is 0.224 e. The maximum atomic E-state index is 10.6. The van der Waals surface area contributed by atoms with Gasteiger partial charge in [0, 0.05) is 12.6 Å². The first kappa shape index (κ1) is 9.58. The predicted molar refractivity (Wildman–Crippen MR) is 51.6 cm³/mol. The van der Waals surface area contributed by atoms with E-state index in [1.54, 1.807) is 24.3 Å². The van der Waals surface area contributed by atoms with Gasteiger partial charge in [0.2, 0.25) is 5.91 Å². The van der Waals surface area contributed by atoms with Gasteiger partial charge in [0.25, 0.3) is 0 Å². The van der Waals surface area contributed by atoms with Crippen molar-refractivity contribution in [1.29, 1.82) is 0 Å². The summed E-state index contributed by atoms with van der Waals surface area (Å²) < 4.78 is 5.24. The van der Waals surface area contributed by atoms with Crippen molar-refractivity contribution in [3.63, 3.8) is 0 Å². The Balaban J connectivity index is 2.64. The zero-order chi connectivity index (χ0) is 9.68. The number of carbonyl (C=O) groups is 1. The smallest absolute Gasteiger partial charge is 0.224 e. The molecule has 1 N–H and O–H groups in total. The van der Waals surface area contributed by atoms with Crippen LogP contribution in [0, 0.1) is 6.92 Å². The van der Waals surface area contributed by atoms with E-state index in [4.69, 9.17) is 4.74 Å². The quantitative estimate of drug-likeness (QED) is 0.767.